The van der Waals surface area contributed by atoms with Gasteiger partial charge in [0.05, 0.1) is 0 Å². The van der Waals surface area contributed by atoms with Crippen molar-refractivity contribution < 1.29 is 5.48 Å². The minimum atomic E-state index is 0. The third kappa shape index (κ3) is 4.06. The van der Waals surface area contributed by atoms with Crippen molar-refractivity contribution in [3.8, 4) is 0 Å². The van der Waals surface area contributed by atoms with E-state index >= 15 is 0 Å². The second-order valence-electron chi connectivity index (χ2n) is 4.38. The Kier molecular flexibility index (Phi) is 7.70. The SMILES string of the molecule is CCN(c1ccccc1)c1cc(=NC)n(C)c(C)n1.Cl.O. The van der Waals surface area contributed by atoms with Gasteiger partial charge >= 0.3 is 0 Å². The van der Waals surface area contributed by atoms with Crippen LogP contribution in [0.5, 0.6) is 0 Å². The van der Waals surface area contributed by atoms with Crippen molar-refractivity contribution in [1.82, 2.24) is 9.55 Å². The number of anilines is 2. The molecule has 116 valence electrons. The molecule has 0 spiro atoms. The summed E-state index contributed by atoms with van der Waals surface area (Å²) < 4.78 is 1.99. The van der Waals surface area contributed by atoms with E-state index in [0.717, 1.165) is 29.4 Å². The number of hydrogen-bond donors (Lipinski definition) is 0. The summed E-state index contributed by atoms with van der Waals surface area (Å²) >= 11 is 0. The minimum Gasteiger partial charge on any atom is -0.412 e. The Hall–Kier alpha value is -1.85. The smallest absolute Gasteiger partial charge is 0.138 e. The lowest BCUT2D eigenvalue weighted by atomic mass is 10.3. The fraction of sp³-hybridized carbons (Fsp3) is 0.333. The van der Waals surface area contributed by atoms with Crippen LogP contribution in [0.1, 0.15) is 12.7 Å². The van der Waals surface area contributed by atoms with Gasteiger partial charge in [-0.3, -0.25) is 4.99 Å². The van der Waals surface area contributed by atoms with Crippen molar-refractivity contribution in [1.29, 1.82) is 0 Å². The van der Waals surface area contributed by atoms with Gasteiger partial charge in [0.1, 0.15) is 17.1 Å². The Balaban J connectivity index is 0.00000200. The fourth-order valence-corrected chi connectivity index (χ4v) is 2.09. The highest BCUT2D eigenvalue weighted by molar-refractivity contribution is 5.85. The molecule has 1 heterocycles. The molecule has 0 bridgehead atoms. The summed E-state index contributed by atoms with van der Waals surface area (Å²) in [5, 5.41) is 0. The predicted octanol–water partition coefficient (Wildman–Crippen LogP) is 2.01. The summed E-state index contributed by atoms with van der Waals surface area (Å²) in [5.41, 5.74) is 2.07. The van der Waals surface area contributed by atoms with Crippen LogP contribution in [0, 0.1) is 6.92 Å². The Bertz CT molecular complexity index is 625. The molecule has 5 nitrogen and oxygen atoms in total. The van der Waals surface area contributed by atoms with Crippen molar-refractivity contribution in [2.45, 2.75) is 13.8 Å². The van der Waals surface area contributed by atoms with Crippen molar-refractivity contribution in [3.05, 3.63) is 47.7 Å². The Morgan fingerprint density at radius 2 is 1.86 bits per heavy atom. The van der Waals surface area contributed by atoms with Gasteiger partial charge in [-0.25, -0.2) is 4.98 Å². The molecule has 0 aliphatic heterocycles. The molecule has 0 fully saturated rings. The van der Waals surface area contributed by atoms with Crippen LogP contribution < -0.4 is 10.4 Å². The fourth-order valence-electron chi connectivity index (χ4n) is 2.09. The average Bonchev–Trinajstić information content (AvgIpc) is 2.44. The summed E-state index contributed by atoms with van der Waals surface area (Å²) in [7, 11) is 3.78. The Morgan fingerprint density at radius 3 is 2.38 bits per heavy atom. The van der Waals surface area contributed by atoms with E-state index in [9.17, 15) is 0 Å². The Labute approximate surface area is 131 Å². The second-order valence-corrected chi connectivity index (χ2v) is 4.38. The van der Waals surface area contributed by atoms with Crippen LogP contribution in [0.2, 0.25) is 0 Å². The molecule has 0 unspecified atom stereocenters. The van der Waals surface area contributed by atoms with Gasteiger partial charge in [-0.15, -0.1) is 12.4 Å². The highest BCUT2D eigenvalue weighted by Gasteiger charge is 2.10. The lowest BCUT2D eigenvalue weighted by Crippen LogP contribution is -2.26. The van der Waals surface area contributed by atoms with Gasteiger partial charge in [-0.2, -0.15) is 0 Å². The zero-order valence-corrected chi connectivity index (χ0v) is 13.7. The monoisotopic (exact) mass is 310 g/mol. The first kappa shape index (κ1) is 19.1. The standard InChI is InChI=1S/C15H20N4.ClH.H2O/c1-5-19(13-9-7-6-8-10-13)15-11-14(16-3)18(4)12(2)17-15;;/h6-11H,5H2,1-4H3;1H;1H2. The van der Waals surface area contributed by atoms with Gasteiger partial charge in [0.25, 0.3) is 0 Å². The van der Waals surface area contributed by atoms with Crippen molar-refractivity contribution in [3.63, 3.8) is 0 Å². The summed E-state index contributed by atoms with van der Waals surface area (Å²) in [6, 6.07) is 12.3. The lowest BCUT2D eigenvalue weighted by Gasteiger charge is -2.23. The van der Waals surface area contributed by atoms with Crippen LogP contribution in [0.4, 0.5) is 11.5 Å². The first-order valence-corrected chi connectivity index (χ1v) is 6.47. The van der Waals surface area contributed by atoms with Gasteiger partial charge in [0, 0.05) is 32.4 Å². The molecule has 21 heavy (non-hydrogen) atoms. The van der Waals surface area contributed by atoms with E-state index in [1.807, 2.05) is 42.8 Å². The van der Waals surface area contributed by atoms with Crippen molar-refractivity contribution >= 4 is 23.9 Å². The zero-order chi connectivity index (χ0) is 13.8. The second kappa shape index (κ2) is 8.44. The van der Waals surface area contributed by atoms with Gasteiger partial charge in [-0.05, 0) is 26.0 Å². The Morgan fingerprint density at radius 1 is 1.24 bits per heavy atom. The van der Waals surface area contributed by atoms with E-state index in [1.54, 1.807) is 7.05 Å². The molecule has 0 amide bonds. The molecule has 0 aliphatic carbocycles. The molecule has 2 N–H and O–H groups in total. The molecular weight excluding hydrogens is 288 g/mol. The molecule has 1 aromatic heterocycles. The lowest BCUT2D eigenvalue weighted by molar-refractivity contribution is 0.747. The van der Waals surface area contributed by atoms with Crippen LogP contribution >= 0.6 is 12.4 Å². The van der Waals surface area contributed by atoms with Crippen LogP contribution in [-0.4, -0.2) is 28.6 Å². The summed E-state index contributed by atoms with van der Waals surface area (Å²) in [6.45, 7) is 4.99. The molecule has 0 atom stereocenters. The number of hydrogen-bond acceptors (Lipinski definition) is 3. The molecule has 0 saturated carbocycles. The van der Waals surface area contributed by atoms with Gasteiger partial charge < -0.3 is 14.9 Å². The van der Waals surface area contributed by atoms with Gasteiger partial charge in [-0.1, -0.05) is 18.2 Å². The number of para-hydroxylation sites is 1. The molecule has 0 saturated heterocycles. The summed E-state index contributed by atoms with van der Waals surface area (Å²) in [6.07, 6.45) is 0. The van der Waals surface area contributed by atoms with Crippen LogP contribution in [0.15, 0.2) is 41.4 Å². The predicted molar refractivity (Wildman–Crippen MR) is 89.4 cm³/mol. The number of nitrogens with zero attached hydrogens (tertiary/aromatic N) is 4. The third-order valence-corrected chi connectivity index (χ3v) is 3.25. The molecule has 0 aliphatic rings. The third-order valence-electron chi connectivity index (χ3n) is 3.25. The summed E-state index contributed by atoms with van der Waals surface area (Å²) in [5.74, 6) is 1.89. The molecule has 2 aromatic rings. The van der Waals surface area contributed by atoms with Crippen LogP contribution in [0.25, 0.3) is 0 Å². The van der Waals surface area contributed by atoms with E-state index in [2.05, 4.69) is 33.9 Å². The highest BCUT2D eigenvalue weighted by Crippen LogP contribution is 2.21. The maximum Gasteiger partial charge on any atom is 0.138 e. The van der Waals surface area contributed by atoms with E-state index in [0.29, 0.717) is 0 Å². The molecule has 2 rings (SSSR count). The maximum absolute atomic E-state index is 4.66. The normalized spacial score (nSPS) is 10.6. The van der Waals surface area contributed by atoms with Crippen LogP contribution in [-0.2, 0) is 7.05 Å². The topological polar surface area (TPSA) is 64.9 Å². The van der Waals surface area contributed by atoms with E-state index in [1.165, 1.54) is 0 Å². The minimum absolute atomic E-state index is 0. The first-order valence-electron chi connectivity index (χ1n) is 6.47. The zero-order valence-electron chi connectivity index (χ0n) is 12.9. The first-order chi connectivity index (χ1) is 9.17. The highest BCUT2D eigenvalue weighted by atomic mass is 35.5. The van der Waals surface area contributed by atoms with Crippen molar-refractivity contribution in [2.75, 3.05) is 18.5 Å². The average molecular weight is 311 g/mol. The largest absolute Gasteiger partial charge is 0.412 e. The molecule has 6 heteroatoms. The molecular formula is C15H23ClN4O. The van der Waals surface area contributed by atoms with Gasteiger partial charge in [0.15, 0.2) is 0 Å². The maximum atomic E-state index is 4.66. The quantitative estimate of drug-likeness (QED) is 0.870. The number of aromatic nitrogens is 2. The molecule has 1 aromatic carbocycles. The number of benzene rings is 1. The van der Waals surface area contributed by atoms with Crippen molar-refractivity contribution in [2.24, 2.45) is 12.0 Å². The van der Waals surface area contributed by atoms with E-state index in [-0.39, 0.29) is 17.9 Å². The molecule has 0 radical (unpaired) electrons. The van der Waals surface area contributed by atoms with Gasteiger partial charge in [0.2, 0.25) is 0 Å². The van der Waals surface area contributed by atoms with E-state index < -0.39 is 0 Å². The van der Waals surface area contributed by atoms with E-state index in [4.69, 9.17) is 0 Å². The van der Waals surface area contributed by atoms with Crippen LogP contribution in [0.3, 0.4) is 0 Å². The summed E-state index contributed by atoms with van der Waals surface area (Å²) in [4.78, 5) is 11.1. The number of aryl methyl sites for hydroxylation is 1. The number of halogens is 1. The number of rotatable bonds is 3.